The minimum Gasteiger partial charge on any atom is -0.258 e. The Morgan fingerprint density at radius 1 is 1.47 bits per heavy atom. The van der Waals surface area contributed by atoms with E-state index in [0.29, 0.717) is 6.07 Å². The molecule has 1 aromatic carbocycles. The fraction of sp³-hybridized carbons (Fsp3) is 0.222. The zero-order chi connectivity index (χ0) is 13.2. The maximum Gasteiger partial charge on any atom is 0.416 e. The molecule has 4 nitrogen and oxygen atoms in total. The van der Waals surface area contributed by atoms with E-state index in [9.17, 15) is 23.3 Å². The van der Waals surface area contributed by atoms with Crippen LogP contribution in [0.1, 0.15) is 11.1 Å². The number of nitrogens with zero attached hydrogens (tertiary/aromatic N) is 2. The average Bonchev–Trinajstić information content (AvgIpc) is 2.19. The minimum atomic E-state index is -4.68. The molecule has 17 heavy (non-hydrogen) atoms. The van der Waals surface area contributed by atoms with E-state index in [1.165, 1.54) is 0 Å². The van der Waals surface area contributed by atoms with Crippen molar-refractivity contribution in [1.29, 1.82) is 5.26 Å². The van der Waals surface area contributed by atoms with Crippen molar-refractivity contribution in [3.8, 4) is 6.07 Å². The molecule has 0 heterocycles. The Kier molecular flexibility index (Phi) is 3.72. The summed E-state index contributed by atoms with van der Waals surface area (Å²) in [6.45, 7) is 0. The molecule has 0 saturated carbocycles. The first kappa shape index (κ1) is 13.4. The second-order valence-electron chi connectivity index (χ2n) is 3.06. The standard InChI is InChI=1S/C9H4BrF3N2O2/c10-8-5(1-2-14)3-6(9(11,12)13)4-7(8)15(16)17/h3-4H,1H2. The quantitative estimate of drug-likeness (QED) is 0.621. The highest BCUT2D eigenvalue weighted by molar-refractivity contribution is 9.10. The molecule has 0 aromatic heterocycles. The van der Waals surface area contributed by atoms with Crippen LogP contribution in [0.25, 0.3) is 0 Å². The number of hydrogen-bond donors (Lipinski definition) is 0. The predicted octanol–water partition coefficient (Wildman–Crippen LogP) is 3.44. The Labute approximate surface area is 102 Å². The van der Waals surface area contributed by atoms with Crippen molar-refractivity contribution >= 4 is 21.6 Å². The van der Waals surface area contributed by atoms with E-state index < -0.39 is 22.4 Å². The number of benzene rings is 1. The van der Waals surface area contributed by atoms with Crippen molar-refractivity contribution in [2.45, 2.75) is 12.6 Å². The number of halogens is 4. The van der Waals surface area contributed by atoms with Crippen molar-refractivity contribution in [2.24, 2.45) is 0 Å². The van der Waals surface area contributed by atoms with E-state index in [0.717, 1.165) is 6.07 Å². The molecule has 0 aliphatic heterocycles. The van der Waals surface area contributed by atoms with Crippen LogP contribution in [0, 0.1) is 21.4 Å². The van der Waals surface area contributed by atoms with E-state index in [4.69, 9.17) is 5.26 Å². The van der Waals surface area contributed by atoms with Gasteiger partial charge in [-0.25, -0.2) is 0 Å². The van der Waals surface area contributed by atoms with Crippen LogP contribution in [-0.4, -0.2) is 4.92 Å². The van der Waals surface area contributed by atoms with Crippen LogP contribution in [-0.2, 0) is 12.6 Å². The summed E-state index contributed by atoms with van der Waals surface area (Å²) in [5.74, 6) is 0. The van der Waals surface area contributed by atoms with Crippen LogP contribution in [0.15, 0.2) is 16.6 Å². The van der Waals surface area contributed by atoms with Crippen LogP contribution >= 0.6 is 15.9 Å². The summed E-state index contributed by atoms with van der Waals surface area (Å²) in [6.07, 6.45) is -5.03. The first-order valence-corrected chi connectivity index (χ1v) is 4.97. The van der Waals surface area contributed by atoms with Gasteiger partial charge in [0.1, 0.15) is 0 Å². The van der Waals surface area contributed by atoms with Gasteiger partial charge >= 0.3 is 6.18 Å². The highest BCUT2D eigenvalue weighted by Gasteiger charge is 2.34. The second kappa shape index (κ2) is 4.71. The molecule has 0 aliphatic carbocycles. The topological polar surface area (TPSA) is 66.9 Å². The molecule has 1 aromatic rings. The highest BCUT2D eigenvalue weighted by atomic mass is 79.9. The molecule has 0 saturated heterocycles. The van der Waals surface area contributed by atoms with Crippen LogP contribution in [0.3, 0.4) is 0 Å². The summed E-state index contributed by atoms with van der Waals surface area (Å²) < 4.78 is 37.3. The summed E-state index contributed by atoms with van der Waals surface area (Å²) in [4.78, 5) is 9.65. The normalized spacial score (nSPS) is 11.0. The Bertz CT molecular complexity index is 508. The SMILES string of the molecule is N#CCc1cc(C(F)(F)F)cc([N+](=O)[O-])c1Br. The maximum atomic E-state index is 12.5. The Morgan fingerprint density at radius 3 is 2.47 bits per heavy atom. The van der Waals surface area contributed by atoms with Gasteiger partial charge in [0.05, 0.1) is 27.4 Å². The monoisotopic (exact) mass is 308 g/mol. The zero-order valence-electron chi connectivity index (χ0n) is 8.08. The van der Waals surface area contributed by atoms with Gasteiger partial charge in [-0.2, -0.15) is 18.4 Å². The fourth-order valence-corrected chi connectivity index (χ4v) is 1.69. The molecule has 8 heteroatoms. The molecule has 0 atom stereocenters. The Balaban J connectivity index is 3.48. The van der Waals surface area contributed by atoms with E-state index in [-0.39, 0.29) is 16.5 Å². The maximum absolute atomic E-state index is 12.5. The molecule has 1 rings (SSSR count). The summed E-state index contributed by atoms with van der Waals surface area (Å²) in [5.41, 5.74) is -1.91. The van der Waals surface area contributed by atoms with Crippen LogP contribution in [0.5, 0.6) is 0 Å². The average molecular weight is 309 g/mol. The molecule has 0 N–H and O–H groups in total. The molecule has 0 radical (unpaired) electrons. The largest absolute Gasteiger partial charge is 0.416 e. The van der Waals surface area contributed by atoms with E-state index in [1.54, 1.807) is 6.07 Å². The van der Waals surface area contributed by atoms with E-state index in [1.807, 2.05) is 0 Å². The van der Waals surface area contributed by atoms with Gasteiger partial charge in [0, 0.05) is 6.07 Å². The lowest BCUT2D eigenvalue weighted by atomic mass is 10.1. The third kappa shape index (κ3) is 2.94. The molecular weight excluding hydrogens is 305 g/mol. The number of hydrogen-bond acceptors (Lipinski definition) is 3. The molecule has 0 spiro atoms. The van der Waals surface area contributed by atoms with Gasteiger partial charge < -0.3 is 0 Å². The lowest BCUT2D eigenvalue weighted by molar-refractivity contribution is -0.386. The number of rotatable bonds is 2. The molecule has 0 amide bonds. The number of nitro groups is 1. The van der Waals surface area contributed by atoms with Crippen LogP contribution < -0.4 is 0 Å². The lowest BCUT2D eigenvalue weighted by Gasteiger charge is -2.09. The van der Waals surface area contributed by atoms with Gasteiger partial charge in [0.2, 0.25) is 0 Å². The van der Waals surface area contributed by atoms with Gasteiger partial charge in [0.15, 0.2) is 0 Å². The van der Waals surface area contributed by atoms with E-state index >= 15 is 0 Å². The minimum absolute atomic E-state index is 0.0611. The summed E-state index contributed by atoms with van der Waals surface area (Å²) in [6, 6.07) is 2.81. The Hall–Kier alpha value is -1.62. The first-order chi connectivity index (χ1) is 7.77. The van der Waals surface area contributed by atoms with Crippen molar-refractivity contribution < 1.29 is 18.1 Å². The van der Waals surface area contributed by atoms with Crippen molar-refractivity contribution in [2.75, 3.05) is 0 Å². The molecule has 0 fully saturated rings. The van der Waals surface area contributed by atoms with E-state index in [2.05, 4.69) is 15.9 Å². The third-order valence-corrected chi connectivity index (χ3v) is 2.84. The number of nitro benzene ring substituents is 1. The van der Waals surface area contributed by atoms with Crippen LogP contribution in [0.4, 0.5) is 18.9 Å². The molecule has 0 unspecified atom stereocenters. The van der Waals surface area contributed by atoms with Gasteiger partial charge in [-0.15, -0.1) is 0 Å². The smallest absolute Gasteiger partial charge is 0.258 e. The van der Waals surface area contributed by atoms with Crippen molar-refractivity contribution in [3.63, 3.8) is 0 Å². The summed E-state index contributed by atoms with van der Waals surface area (Å²) in [7, 11) is 0. The molecular formula is C9H4BrF3N2O2. The summed E-state index contributed by atoms with van der Waals surface area (Å²) >= 11 is 2.82. The second-order valence-corrected chi connectivity index (χ2v) is 3.85. The van der Waals surface area contributed by atoms with Crippen molar-refractivity contribution in [1.82, 2.24) is 0 Å². The summed E-state index contributed by atoms with van der Waals surface area (Å²) in [5, 5.41) is 19.0. The highest BCUT2D eigenvalue weighted by Crippen LogP contribution is 2.37. The predicted molar refractivity (Wildman–Crippen MR) is 55.1 cm³/mol. The molecule has 0 bridgehead atoms. The number of nitriles is 1. The van der Waals surface area contributed by atoms with Gasteiger partial charge in [-0.3, -0.25) is 10.1 Å². The van der Waals surface area contributed by atoms with Gasteiger partial charge in [-0.05, 0) is 27.6 Å². The van der Waals surface area contributed by atoms with Crippen LogP contribution in [0.2, 0.25) is 0 Å². The van der Waals surface area contributed by atoms with Gasteiger partial charge in [-0.1, -0.05) is 0 Å². The van der Waals surface area contributed by atoms with Gasteiger partial charge in [0.25, 0.3) is 5.69 Å². The Morgan fingerprint density at radius 2 is 2.06 bits per heavy atom. The molecule has 90 valence electrons. The first-order valence-electron chi connectivity index (χ1n) is 4.18. The van der Waals surface area contributed by atoms with Crippen molar-refractivity contribution in [3.05, 3.63) is 37.8 Å². The third-order valence-electron chi connectivity index (χ3n) is 1.92. The molecule has 0 aliphatic rings. The lowest BCUT2D eigenvalue weighted by Crippen LogP contribution is -2.07. The fourth-order valence-electron chi connectivity index (χ4n) is 1.18. The number of alkyl halides is 3. The zero-order valence-corrected chi connectivity index (χ0v) is 9.67.